The van der Waals surface area contributed by atoms with E-state index in [2.05, 4.69) is 5.32 Å². The fourth-order valence-corrected chi connectivity index (χ4v) is 2.24. The first kappa shape index (κ1) is 14.9. The maximum absolute atomic E-state index is 12.1. The Kier molecular flexibility index (Phi) is 5.55. The van der Waals surface area contributed by atoms with Gasteiger partial charge in [-0.2, -0.15) is 0 Å². The molecule has 6 nitrogen and oxygen atoms in total. The van der Waals surface area contributed by atoms with E-state index in [9.17, 15) is 9.59 Å². The van der Waals surface area contributed by atoms with E-state index in [1.807, 2.05) is 0 Å². The molecular formula is C12H23N3O3. The number of amides is 2. The molecule has 104 valence electrons. The number of rotatable bonds is 6. The third-order valence-corrected chi connectivity index (χ3v) is 3.28. The molecule has 0 heterocycles. The number of hydrogen-bond donors (Lipinski definition) is 2. The molecule has 1 aliphatic carbocycles. The highest BCUT2D eigenvalue weighted by Gasteiger charge is 2.39. The fraction of sp³-hybridized carbons (Fsp3) is 0.833. The summed E-state index contributed by atoms with van der Waals surface area (Å²) in [4.78, 5) is 25.1. The molecule has 18 heavy (non-hydrogen) atoms. The number of methoxy groups -OCH3 is 1. The molecule has 1 aliphatic rings. The Bertz CT molecular complexity index is 301. The Morgan fingerprint density at radius 1 is 1.39 bits per heavy atom. The first-order valence-corrected chi connectivity index (χ1v) is 6.30. The van der Waals surface area contributed by atoms with Crippen molar-refractivity contribution in [3.8, 4) is 0 Å². The first-order valence-electron chi connectivity index (χ1n) is 6.30. The van der Waals surface area contributed by atoms with Crippen LogP contribution in [-0.4, -0.2) is 56.1 Å². The molecule has 0 aliphatic heterocycles. The van der Waals surface area contributed by atoms with Crippen LogP contribution in [0.25, 0.3) is 0 Å². The molecule has 1 saturated carbocycles. The third kappa shape index (κ3) is 3.96. The molecule has 0 aromatic rings. The second-order valence-corrected chi connectivity index (χ2v) is 4.87. The van der Waals surface area contributed by atoms with Gasteiger partial charge in [0.25, 0.3) is 0 Å². The minimum Gasteiger partial charge on any atom is -0.383 e. The standard InChI is InChI=1S/C12H23N3O3/c1-15(9-10(16)14-7-8-18-2)11(17)12(13)5-3-4-6-12/h3-9,13H2,1-2H3,(H,14,16). The van der Waals surface area contributed by atoms with Gasteiger partial charge in [-0.25, -0.2) is 0 Å². The van der Waals surface area contributed by atoms with Crippen LogP contribution in [-0.2, 0) is 14.3 Å². The van der Waals surface area contributed by atoms with Gasteiger partial charge in [0, 0.05) is 20.7 Å². The van der Waals surface area contributed by atoms with Gasteiger partial charge in [0.2, 0.25) is 11.8 Å². The van der Waals surface area contributed by atoms with Crippen LogP contribution in [0.4, 0.5) is 0 Å². The van der Waals surface area contributed by atoms with Gasteiger partial charge in [-0.05, 0) is 12.8 Å². The Morgan fingerprint density at radius 3 is 2.56 bits per heavy atom. The molecule has 6 heteroatoms. The number of likely N-dealkylation sites (N-methyl/N-ethyl adjacent to an activating group) is 1. The molecule has 1 rings (SSSR count). The van der Waals surface area contributed by atoms with Crippen LogP contribution in [0.1, 0.15) is 25.7 Å². The number of nitrogens with one attached hydrogen (secondary N) is 1. The second-order valence-electron chi connectivity index (χ2n) is 4.87. The molecule has 0 saturated heterocycles. The van der Waals surface area contributed by atoms with Crippen molar-refractivity contribution in [3.05, 3.63) is 0 Å². The molecule has 1 fully saturated rings. The summed E-state index contributed by atoms with van der Waals surface area (Å²) in [5.41, 5.74) is 5.30. The molecule has 0 spiro atoms. The molecule has 3 N–H and O–H groups in total. The molecule has 0 aromatic carbocycles. The Hall–Kier alpha value is -1.14. The minimum atomic E-state index is -0.762. The lowest BCUT2D eigenvalue weighted by molar-refractivity contribution is -0.139. The SMILES string of the molecule is COCCNC(=O)CN(C)C(=O)C1(N)CCCC1. The van der Waals surface area contributed by atoms with Crippen molar-refractivity contribution in [2.75, 3.05) is 33.9 Å². The molecule has 0 unspecified atom stereocenters. The van der Waals surface area contributed by atoms with E-state index in [0.717, 1.165) is 12.8 Å². The molecular weight excluding hydrogens is 234 g/mol. The van der Waals surface area contributed by atoms with E-state index in [1.165, 1.54) is 4.90 Å². The zero-order valence-corrected chi connectivity index (χ0v) is 11.2. The molecule has 0 aromatic heterocycles. The van der Waals surface area contributed by atoms with Crippen LogP contribution in [0.5, 0.6) is 0 Å². The zero-order chi connectivity index (χ0) is 13.6. The van der Waals surface area contributed by atoms with E-state index in [1.54, 1.807) is 14.2 Å². The van der Waals surface area contributed by atoms with Gasteiger partial charge >= 0.3 is 0 Å². The van der Waals surface area contributed by atoms with Crippen LogP contribution >= 0.6 is 0 Å². The summed E-state index contributed by atoms with van der Waals surface area (Å²) in [5.74, 6) is -0.327. The second kappa shape index (κ2) is 6.70. The Morgan fingerprint density at radius 2 is 2.00 bits per heavy atom. The summed E-state index contributed by atoms with van der Waals surface area (Å²) in [7, 11) is 3.19. The number of carbonyl (C=O) groups is 2. The number of hydrogen-bond acceptors (Lipinski definition) is 4. The number of ether oxygens (including phenoxy) is 1. The fourth-order valence-electron chi connectivity index (χ4n) is 2.24. The monoisotopic (exact) mass is 257 g/mol. The van der Waals surface area contributed by atoms with Gasteiger partial charge in [0.1, 0.15) is 0 Å². The van der Waals surface area contributed by atoms with Gasteiger partial charge in [-0.1, -0.05) is 12.8 Å². The van der Waals surface area contributed by atoms with Gasteiger partial charge in [-0.3, -0.25) is 9.59 Å². The van der Waals surface area contributed by atoms with Gasteiger partial charge in [-0.15, -0.1) is 0 Å². The van der Waals surface area contributed by atoms with Crippen LogP contribution < -0.4 is 11.1 Å². The maximum Gasteiger partial charge on any atom is 0.242 e. The Labute approximate surface area is 108 Å². The quantitative estimate of drug-likeness (QED) is 0.627. The summed E-state index contributed by atoms with van der Waals surface area (Å²) >= 11 is 0. The summed E-state index contributed by atoms with van der Waals surface area (Å²) in [6.07, 6.45) is 3.38. The predicted molar refractivity (Wildman–Crippen MR) is 67.9 cm³/mol. The lowest BCUT2D eigenvalue weighted by Gasteiger charge is -2.28. The lowest BCUT2D eigenvalue weighted by atomic mass is 9.97. The number of nitrogens with zero attached hydrogens (tertiary/aromatic N) is 1. The van der Waals surface area contributed by atoms with E-state index in [4.69, 9.17) is 10.5 Å². The van der Waals surface area contributed by atoms with Gasteiger partial charge < -0.3 is 20.7 Å². The van der Waals surface area contributed by atoms with Crippen LogP contribution in [0.2, 0.25) is 0 Å². The van der Waals surface area contributed by atoms with Crippen LogP contribution in [0.3, 0.4) is 0 Å². The highest BCUT2D eigenvalue weighted by molar-refractivity contribution is 5.90. The van der Waals surface area contributed by atoms with Crippen molar-refractivity contribution in [1.29, 1.82) is 0 Å². The topological polar surface area (TPSA) is 84.7 Å². The van der Waals surface area contributed by atoms with Crippen molar-refractivity contribution in [3.63, 3.8) is 0 Å². The smallest absolute Gasteiger partial charge is 0.242 e. The van der Waals surface area contributed by atoms with E-state index >= 15 is 0 Å². The van der Waals surface area contributed by atoms with E-state index in [0.29, 0.717) is 26.0 Å². The van der Waals surface area contributed by atoms with Crippen LogP contribution in [0, 0.1) is 0 Å². The minimum absolute atomic E-state index is 0.0432. The molecule has 0 atom stereocenters. The molecule has 2 amide bonds. The van der Waals surface area contributed by atoms with Crippen molar-refractivity contribution in [1.82, 2.24) is 10.2 Å². The lowest BCUT2D eigenvalue weighted by Crippen LogP contribution is -2.54. The first-order chi connectivity index (χ1) is 8.49. The number of nitrogens with two attached hydrogens (primary N) is 1. The van der Waals surface area contributed by atoms with Gasteiger partial charge in [0.05, 0.1) is 18.7 Å². The predicted octanol–water partition coefficient (Wildman–Crippen LogP) is -0.521. The summed E-state index contributed by atoms with van der Waals surface area (Å²) < 4.78 is 4.83. The molecule has 0 radical (unpaired) electrons. The van der Waals surface area contributed by atoms with Crippen molar-refractivity contribution >= 4 is 11.8 Å². The normalized spacial score (nSPS) is 17.5. The summed E-state index contributed by atoms with van der Waals surface area (Å²) in [6.45, 7) is 0.955. The van der Waals surface area contributed by atoms with Crippen LogP contribution in [0.15, 0.2) is 0 Å². The van der Waals surface area contributed by atoms with Gasteiger partial charge in [0.15, 0.2) is 0 Å². The highest BCUT2D eigenvalue weighted by Crippen LogP contribution is 2.28. The largest absolute Gasteiger partial charge is 0.383 e. The highest BCUT2D eigenvalue weighted by atomic mass is 16.5. The Balaban J connectivity index is 2.37. The summed E-state index contributed by atoms with van der Waals surface area (Å²) in [5, 5.41) is 2.67. The van der Waals surface area contributed by atoms with Crippen molar-refractivity contribution in [2.24, 2.45) is 5.73 Å². The van der Waals surface area contributed by atoms with Crippen molar-refractivity contribution in [2.45, 2.75) is 31.2 Å². The third-order valence-electron chi connectivity index (χ3n) is 3.28. The summed E-state index contributed by atoms with van der Waals surface area (Å²) in [6, 6.07) is 0. The molecule has 0 bridgehead atoms. The average Bonchev–Trinajstić information content (AvgIpc) is 2.76. The van der Waals surface area contributed by atoms with Crippen molar-refractivity contribution < 1.29 is 14.3 Å². The maximum atomic E-state index is 12.1. The van der Waals surface area contributed by atoms with E-state index in [-0.39, 0.29) is 18.4 Å². The number of carbonyl (C=O) groups excluding carboxylic acids is 2. The van der Waals surface area contributed by atoms with E-state index < -0.39 is 5.54 Å². The average molecular weight is 257 g/mol. The zero-order valence-electron chi connectivity index (χ0n) is 11.2.